The van der Waals surface area contributed by atoms with Gasteiger partial charge in [0.05, 0.1) is 0 Å². The number of hydrogen-bond donors (Lipinski definition) is 1. The molecule has 1 aliphatic heterocycles. The second-order valence-corrected chi connectivity index (χ2v) is 5.88. The summed E-state index contributed by atoms with van der Waals surface area (Å²) >= 11 is 0. The summed E-state index contributed by atoms with van der Waals surface area (Å²) in [5.41, 5.74) is 1.24. The third-order valence-electron chi connectivity index (χ3n) is 4.21. The van der Waals surface area contributed by atoms with E-state index in [4.69, 9.17) is 0 Å². The lowest BCUT2D eigenvalue weighted by Gasteiger charge is -2.34. The standard InChI is InChI=1S/C18H17F3N2O/c1-11-10-22-6-7-23(11)18(24)13-4-2-12(3-5-13)14-8-15(19)17(21)16(20)9-14/h2-5,8-9,11,22H,6-7,10H2,1H3. The van der Waals surface area contributed by atoms with Gasteiger partial charge >= 0.3 is 0 Å². The number of halogens is 3. The lowest BCUT2D eigenvalue weighted by Crippen LogP contribution is -2.52. The van der Waals surface area contributed by atoms with Gasteiger partial charge in [-0.15, -0.1) is 0 Å². The minimum Gasteiger partial charge on any atom is -0.333 e. The summed E-state index contributed by atoms with van der Waals surface area (Å²) in [5, 5.41) is 3.22. The number of carbonyl (C=O) groups is 1. The Labute approximate surface area is 138 Å². The van der Waals surface area contributed by atoms with Gasteiger partial charge < -0.3 is 10.2 Å². The van der Waals surface area contributed by atoms with E-state index < -0.39 is 17.5 Å². The fourth-order valence-electron chi connectivity index (χ4n) is 2.84. The number of amides is 1. The van der Waals surface area contributed by atoms with Crippen LogP contribution in [0.15, 0.2) is 36.4 Å². The molecule has 1 saturated heterocycles. The molecule has 24 heavy (non-hydrogen) atoms. The first-order valence-electron chi connectivity index (χ1n) is 7.74. The van der Waals surface area contributed by atoms with Crippen LogP contribution in [0.5, 0.6) is 0 Å². The van der Waals surface area contributed by atoms with Crippen LogP contribution in [0.2, 0.25) is 0 Å². The first-order valence-corrected chi connectivity index (χ1v) is 7.74. The van der Waals surface area contributed by atoms with Crippen LogP contribution in [0.1, 0.15) is 17.3 Å². The van der Waals surface area contributed by atoms with Gasteiger partial charge in [0.1, 0.15) is 0 Å². The van der Waals surface area contributed by atoms with Crippen molar-refractivity contribution in [3.05, 3.63) is 59.4 Å². The van der Waals surface area contributed by atoms with E-state index in [9.17, 15) is 18.0 Å². The summed E-state index contributed by atoms with van der Waals surface area (Å²) in [6.45, 7) is 4.11. The first kappa shape index (κ1) is 16.5. The quantitative estimate of drug-likeness (QED) is 0.856. The van der Waals surface area contributed by atoms with Crippen LogP contribution < -0.4 is 5.32 Å². The summed E-state index contributed by atoms with van der Waals surface area (Å²) in [6.07, 6.45) is 0. The lowest BCUT2D eigenvalue weighted by atomic mass is 10.0. The Balaban J connectivity index is 1.84. The monoisotopic (exact) mass is 334 g/mol. The van der Waals surface area contributed by atoms with Crippen molar-refractivity contribution >= 4 is 5.91 Å². The molecule has 2 aromatic rings. The van der Waals surface area contributed by atoms with E-state index >= 15 is 0 Å². The molecule has 1 amide bonds. The van der Waals surface area contributed by atoms with E-state index in [0.717, 1.165) is 25.2 Å². The van der Waals surface area contributed by atoms with Gasteiger partial charge in [0.25, 0.3) is 5.91 Å². The smallest absolute Gasteiger partial charge is 0.254 e. The normalized spacial score (nSPS) is 17.8. The number of rotatable bonds is 2. The molecule has 1 atom stereocenters. The van der Waals surface area contributed by atoms with Gasteiger partial charge in [-0.3, -0.25) is 4.79 Å². The highest BCUT2D eigenvalue weighted by Crippen LogP contribution is 2.24. The van der Waals surface area contributed by atoms with E-state index in [1.165, 1.54) is 0 Å². The molecule has 3 nitrogen and oxygen atoms in total. The molecule has 1 unspecified atom stereocenters. The maximum Gasteiger partial charge on any atom is 0.254 e. The molecular weight excluding hydrogens is 317 g/mol. The highest BCUT2D eigenvalue weighted by Gasteiger charge is 2.24. The highest BCUT2D eigenvalue weighted by molar-refractivity contribution is 5.95. The molecule has 0 saturated carbocycles. The van der Waals surface area contributed by atoms with Gasteiger partial charge in [0.2, 0.25) is 0 Å². The van der Waals surface area contributed by atoms with Crippen molar-refractivity contribution in [2.24, 2.45) is 0 Å². The number of carbonyl (C=O) groups excluding carboxylic acids is 1. The number of benzene rings is 2. The number of nitrogens with zero attached hydrogens (tertiary/aromatic N) is 1. The summed E-state index contributed by atoms with van der Waals surface area (Å²) in [6, 6.07) is 8.42. The van der Waals surface area contributed by atoms with E-state index in [1.807, 2.05) is 6.92 Å². The molecule has 2 aromatic carbocycles. The zero-order chi connectivity index (χ0) is 17.3. The Morgan fingerprint density at radius 1 is 1.08 bits per heavy atom. The second-order valence-electron chi connectivity index (χ2n) is 5.88. The van der Waals surface area contributed by atoms with Gasteiger partial charge in [-0.05, 0) is 42.3 Å². The van der Waals surface area contributed by atoms with Crippen molar-refractivity contribution in [3.8, 4) is 11.1 Å². The average Bonchev–Trinajstić information content (AvgIpc) is 2.59. The van der Waals surface area contributed by atoms with Gasteiger partial charge in [-0.2, -0.15) is 0 Å². The molecule has 1 fully saturated rings. The number of piperazine rings is 1. The van der Waals surface area contributed by atoms with E-state index in [-0.39, 0.29) is 17.5 Å². The van der Waals surface area contributed by atoms with Crippen LogP contribution in [0.25, 0.3) is 11.1 Å². The summed E-state index contributed by atoms with van der Waals surface area (Å²) < 4.78 is 39.7. The molecule has 6 heteroatoms. The zero-order valence-corrected chi connectivity index (χ0v) is 13.2. The lowest BCUT2D eigenvalue weighted by molar-refractivity contribution is 0.0656. The Kier molecular flexibility index (Phi) is 4.57. The van der Waals surface area contributed by atoms with Crippen molar-refractivity contribution in [1.29, 1.82) is 0 Å². The van der Waals surface area contributed by atoms with Crippen LogP contribution >= 0.6 is 0 Å². The van der Waals surface area contributed by atoms with Gasteiger partial charge in [0.15, 0.2) is 17.5 Å². The maximum atomic E-state index is 13.3. The molecular formula is C18H17F3N2O. The molecule has 1 N–H and O–H groups in total. The molecule has 0 aliphatic carbocycles. The van der Waals surface area contributed by atoms with Crippen LogP contribution in [0.3, 0.4) is 0 Å². The van der Waals surface area contributed by atoms with Crippen molar-refractivity contribution < 1.29 is 18.0 Å². The third-order valence-corrected chi connectivity index (χ3v) is 4.21. The number of hydrogen-bond acceptors (Lipinski definition) is 2. The van der Waals surface area contributed by atoms with Gasteiger partial charge in [-0.25, -0.2) is 13.2 Å². The van der Waals surface area contributed by atoms with E-state index in [2.05, 4.69) is 5.32 Å². The predicted octanol–water partition coefficient (Wildman–Crippen LogP) is 3.20. The molecule has 0 radical (unpaired) electrons. The molecule has 0 bridgehead atoms. The minimum atomic E-state index is -1.49. The minimum absolute atomic E-state index is 0.0768. The summed E-state index contributed by atoms with van der Waals surface area (Å²) in [5.74, 6) is -4.04. The average molecular weight is 334 g/mol. The largest absolute Gasteiger partial charge is 0.333 e. The Bertz CT molecular complexity index is 738. The summed E-state index contributed by atoms with van der Waals surface area (Å²) in [7, 11) is 0. The van der Waals surface area contributed by atoms with Crippen LogP contribution in [0.4, 0.5) is 13.2 Å². The molecule has 1 aliphatic rings. The van der Waals surface area contributed by atoms with Crippen molar-refractivity contribution in [2.75, 3.05) is 19.6 Å². The van der Waals surface area contributed by atoms with Crippen LogP contribution in [-0.2, 0) is 0 Å². The second kappa shape index (κ2) is 6.65. The predicted molar refractivity (Wildman–Crippen MR) is 85.1 cm³/mol. The van der Waals surface area contributed by atoms with E-state index in [0.29, 0.717) is 17.7 Å². The van der Waals surface area contributed by atoms with Crippen LogP contribution in [-0.4, -0.2) is 36.5 Å². The molecule has 126 valence electrons. The van der Waals surface area contributed by atoms with Crippen molar-refractivity contribution in [2.45, 2.75) is 13.0 Å². The van der Waals surface area contributed by atoms with E-state index in [1.54, 1.807) is 29.2 Å². The maximum absolute atomic E-state index is 13.3. The SMILES string of the molecule is CC1CNCCN1C(=O)c1ccc(-c2cc(F)c(F)c(F)c2)cc1. The molecule has 1 heterocycles. The fourth-order valence-corrected chi connectivity index (χ4v) is 2.84. The molecule has 0 spiro atoms. The first-order chi connectivity index (χ1) is 11.5. The Morgan fingerprint density at radius 3 is 2.29 bits per heavy atom. The highest BCUT2D eigenvalue weighted by atomic mass is 19.2. The summed E-state index contributed by atoms with van der Waals surface area (Å²) in [4.78, 5) is 14.3. The third kappa shape index (κ3) is 3.14. The topological polar surface area (TPSA) is 32.3 Å². The van der Waals surface area contributed by atoms with Crippen LogP contribution in [0, 0.1) is 17.5 Å². The van der Waals surface area contributed by atoms with Crippen molar-refractivity contribution in [1.82, 2.24) is 10.2 Å². The fraction of sp³-hybridized carbons (Fsp3) is 0.278. The Morgan fingerprint density at radius 2 is 1.71 bits per heavy atom. The number of nitrogens with one attached hydrogen (secondary N) is 1. The molecule has 0 aromatic heterocycles. The van der Waals surface area contributed by atoms with Crippen molar-refractivity contribution in [3.63, 3.8) is 0 Å². The zero-order valence-electron chi connectivity index (χ0n) is 13.2. The molecule has 3 rings (SSSR count). The Hall–Kier alpha value is -2.34. The van der Waals surface area contributed by atoms with Gasteiger partial charge in [-0.1, -0.05) is 12.1 Å². The van der Waals surface area contributed by atoms with Gasteiger partial charge in [0, 0.05) is 31.2 Å².